The molecule has 3 aliphatic heterocycles. The number of nitrogens with zero attached hydrogens (tertiary/aromatic N) is 2. The van der Waals surface area contributed by atoms with E-state index in [0.717, 1.165) is 5.56 Å². The first kappa shape index (κ1) is 14.7. The molecule has 23 heavy (non-hydrogen) atoms. The molecule has 3 amide bonds. The molecular weight excluding hydrogens is 296 g/mol. The average molecular weight is 316 g/mol. The van der Waals surface area contributed by atoms with Gasteiger partial charge in [-0.15, -0.1) is 0 Å². The predicted octanol–water partition coefficient (Wildman–Crippen LogP) is 1.35. The van der Waals surface area contributed by atoms with Crippen molar-refractivity contribution in [1.29, 1.82) is 0 Å². The summed E-state index contributed by atoms with van der Waals surface area (Å²) in [5, 5.41) is 0. The summed E-state index contributed by atoms with van der Waals surface area (Å²) in [6.07, 6.45) is 0.569. The molecule has 3 saturated heterocycles. The van der Waals surface area contributed by atoms with Crippen molar-refractivity contribution in [2.24, 2.45) is 0 Å². The third-order valence-corrected chi connectivity index (χ3v) is 4.86. The number of benzene rings is 1. The molecule has 4 rings (SSSR count). The van der Waals surface area contributed by atoms with Crippen LogP contribution >= 0.6 is 0 Å². The smallest absolute Gasteiger partial charge is 0.328 e. The van der Waals surface area contributed by atoms with E-state index in [9.17, 15) is 9.59 Å². The van der Waals surface area contributed by atoms with Crippen molar-refractivity contribution in [2.45, 2.75) is 31.1 Å². The minimum absolute atomic E-state index is 0.00893. The predicted molar refractivity (Wildman–Crippen MR) is 81.7 cm³/mol. The number of epoxide rings is 2. The van der Waals surface area contributed by atoms with Gasteiger partial charge < -0.3 is 14.4 Å². The lowest BCUT2D eigenvalue weighted by molar-refractivity contribution is -0.134. The molecule has 3 unspecified atom stereocenters. The number of carbonyl (C=O) groups is 2. The zero-order chi connectivity index (χ0) is 16.0. The van der Waals surface area contributed by atoms with Gasteiger partial charge in [0.1, 0.15) is 5.54 Å². The van der Waals surface area contributed by atoms with Gasteiger partial charge in [0.2, 0.25) is 0 Å². The Bertz CT molecular complexity index is 627. The summed E-state index contributed by atoms with van der Waals surface area (Å²) in [6, 6.07) is 9.34. The number of ether oxygens (including phenoxy) is 2. The summed E-state index contributed by atoms with van der Waals surface area (Å²) < 4.78 is 10.5. The van der Waals surface area contributed by atoms with E-state index < -0.39 is 5.54 Å². The summed E-state index contributed by atoms with van der Waals surface area (Å²) in [5.41, 5.74) is -0.0696. The van der Waals surface area contributed by atoms with Crippen molar-refractivity contribution in [3.05, 3.63) is 35.9 Å². The Balaban J connectivity index is 1.75. The summed E-state index contributed by atoms with van der Waals surface area (Å²) in [4.78, 5) is 29.2. The SMILES string of the molecule is CCC1(c2ccccc2)C(=O)N(CC2CO2)C(=O)N1CC1CO1. The van der Waals surface area contributed by atoms with Gasteiger partial charge in [-0.1, -0.05) is 37.3 Å². The number of hydrogen-bond acceptors (Lipinski definition) is 4. The molecule has 3 atom stereocenters. The molecule has 0 aliphatic carbocycles. The first-order valence-corrected chi connectivity index (χ1v) is 8.09. The Kier molecular flexibility index (Phi) is 3.39. The summed E-state index contributed by atoms with van der Waals surface area (Å²) in [7, 11) is 0. The van der Waals surface area contributed by atoms with Crippen LogP contribution in [0.25, 0.3) is 0 Å². The first-order chi connectivity index (χ1) is 11.2. The second-order valence-electron chi connectivity index (χ2n) is 6.30. The molecule has 0 spiro atoms. The summed E-state index contributed by atoms with van der Waals surface area (Å²) in [6.45, 7) is 4.02. The molecule has 1 aromatic rings. The van der Waals surface area contributed by atoms with Gasteiger partial charge in [-0.25, -0.2) is 4.79 Å². The molecule has 1 aromatic carbocycles. The van der Waals surface area contributed by atoms with Gasteiger partial charge >= 0.3 is 6.03 Å². The zero-order valence-electron chi connectivity index (χ0n) is 13.1. The maximum atomic E-state index is 13.2. The highest BCUT2D eigenvalue weighted by atomic mass is 16.6. The fourth-order valence-corrected chi connectivity index (χ4v) is 3.42. The Morgan fingerprint density at radius 1 is 1.09 bits per heavy atom. The molecule has 6 heteroatoms. The molecule has 0 N–H and O–H groups in total. The van der Waals surface area contributed by atoms with E-state index in [4.69, 9.17) is 9.47 Å². The van der Waals surface area contributed by atoms with Gasteiger partial charge in [0.05, 0.1) is 38.5 Å². The molecule has 6 nitrogen and oxygen atoms in total. The fraction of sp³-hybridized carbons (Fsp3) is 0.529. The number of urea groups is 1. The Morgan fingerprint density at radius 3 is 2.26 bits per heavy atom. The second-order valence-corrected chi connectivity index (χ2v) is 6.30. The van der Waals surface area contributed by atoms with Gasteiger partial charge in [0, 0.05) is 0 Å². The number of hydrogen-bond donors (Lipinski definition) is 0. The lowest BCUT2D eigenvalue weighted by Gasteiger charge is -2.34. The zero-order valence-corrected chi connectivity index (χ0v) is 13.1. The van der Waals surface area contributed by atoms with Crippen LogP contribution in [0.4, 0.5) is 4.79 Å². The molecule has 122 valence electrons. The summed E-state index contributed by atoms with van der Waals surface area (Å²) in [5.74, 6) is -0.146. The molecule has 0 saturated carbocycles. The Morgan fingerprint density at radius 2 is 1.70 bits per heavy atom. The highest BCUT2D eigenvalue weighted by Gasteiger charge is 2.58. The normalized spacial score (nSPS) is 32.6. The standard InChI is InChI=1S/C17H20N2O4/c1-2-17(12-6-4-3-5-7-12)15(20)18(8-13-10-22-13)16(21)19(17)9-14-11-23-14/h3-7,13-14H,2,8-11H2,1H3. The van der Waals surface area contributed by atoms with Crippen molar-refractivity contribution in [3.8, 4) is 0 Å². The van der Waals surface area contributed by atoms with Crippen LogP contribution in [0.15, 0.2) is 30.3 Å². The van der Waals surface area contributed by atoms with E-state index in [2.05, 4.69) is 0 Å². The van der Waals surface area contributed by atoms with Crippen molar-refractivity contribution in [2.75, 3.05) is 26.3 Å². The number of rotatable bonds is 6. The second kappa shape index (κ2) is 5.32. The molecule has 3 aliphatic rings. The highest BCUT2D eigenvalue weighted by Crippen LogP contribution is 2.41. The third kappa shape index (κ3) is 2.33. The fourth-order valence-electron chi connectivity index (χ4n) is 3.42. The monoisotopic (exact) mass is 316 g/mol. The van der Waals surface area contributed by atoms with Gasteiger partial charge in [-0.2, -0.15) is 0 Å². The Hall–Kier alpha value is -1.92. The quantitative estimate of drug-likeness (QED) is 0.587. The first-order valence-electron chi connectivity index (χ1n) is 8.09. The highest BCUT2D eigenvalue weighted by molar-refractivity contribution is 6.07. The number of carbonyl (C=O) groups excluding carboxylic acids is 2. The third-order valence-electron chi connectivity index (χ3n) is 4.86. The van der Waals surface area contributed by atoms with Crippen LogP contribution in [-0.4, -0.2) is 60.2 Å². The van der Waals surface area contributed by atoms with Crippen molar-refractivity contribution in [3.63, 3.8) is 0 Å². The van der Waals surface area contributed by atoms with Crippen LogP contribution in [-0.2, 0) is 19.8 Å². The van der Waals surface area contributed by atoms with E-state index in [1.807, 2.05) is 37.3 Å². The average Bonchev–Trinajstić information content (AvgIpc) is 3.47. The van der Waals surface area contributed by atoms with Crippen molar-refractivity contribution < 1.29 is 19.1 Å². The minimum atomic E-state index is -0.931. The lowest BCUT2D eigenvalue weighted by Crippen LogP contribution is -2.48. The van der Waals surface area contributed by atoms with E-state index >= 15 is 0 Å². The van der Waals surface area contributed by atoms with Gasteiger partial charge in [-0.05, 0) is 12.0 Å². The molecule has 3 heterocycles. The van der Waals surface area contributed by atoms with Crippen LogP contribution in [0.2, 0.25) is 0 Å². The van der Waals surface area contributed by atoms with Crippen molar-refractivity contribution >= 4 is 11.9 Å². The maximum absolute atomic E-state index is 13.2. The van der Waals surface area contributed by atoms with Crippen molar-refractivity contribution in [1.82, 2.24) is 9.80 Å². The van der Waals surface area contributed by atoms with Crippen LogP contribution in [0.3, 0.4) is 0 Å². The van der Waals surface area contributed by atoms with E-state index in [1.165, 1.54) is 4.90 Å². The largest absolute Gasteiger partial charge is 0.371 e. The minimum Gasteiger partial charge on any atom is -0.371 e. The van der Waals surface area contributed by atoms with Gasteiger partial charge in [-0.3, -0.25) is 9.69 Å². The van der Waals surface area contributed by atoms with Crippen LogP contribution in [0.1, 0.15) is 18.9 Å². The molecule has 0 radical (unpaired) electrons. The van der Waals surface area contributed by atoms with E-state index in [0.29, 0.717) is 32.7 Å². The number of imide groups is 1. The van der Waals surface area contributed by atoms with Crippen LogP contribution in [0, 0.1) is 0 Å². The molecule has 3 fully saturated rings. The summed E-state index contributed by atoms with van der Waals surface area (Å²) >= 11 is 0. The Labute approximate surface area is 134 Å². The van der Waals surface area contributed by atoms with Gasteiger partial charge in [0.15, 0.2) is 0 Å². The van der Waals surface area contributed by atoms with Crippen LogP contribution in [0.5, 0.6) is 0 Å². The van der Waals surface area contributed by atoms with E-state index in [-0.39, 0.29) is 24.1 Å². The molecular formula is C17H20N2O4. The molecule has 0 bridgehead atoms. The molecule has 0 aromatic heterocycles. The maximum Gasteiger partial charge on any atom is 0.328 e. The topological polar surface area (TPSA) is 65.7 Å². The van der Waals surface area contributed by atoms with Crippen LogP contribution < -0.4 is 0 Å². The number of amides is 3. The lowest BCUT2D eigenvalue weighted by atomic mass is 9.85. The van der Waals surface area contributed by atoms with E-state index in [1.54, 1.807) is 4.90 Å². The van der Waals surface area contributed by atoms with Gasteiger partial charge in [0.25, 0.3) is 5.91 Å².